The first-order valence-electron chi connectivity index (χ1n) is 9.36. The molecule has 2 heterocycles. The van der Waals surface area contributed by atoms with E-state index in [0.29, 0.717) is 18.2 Å². The van der Waals surface area contributed by atoms with Gasteiger partial charge < -0.3 is 14.8 Å². The molecule has 1 N–H and O–H groups in total. The lowest BCUT2D eigenvalue weighted by Crippen LogP contribution is -2.32. The van der Waals surface area contributed by atoms with Gasteiger partial charge >= 0.3 is 5.97 Å². The fourth-order valence-electron chi connectivity index (χ4n) is 3.93. The molecule has 4 nitrogen and oxygen atoms in total. The van der Waals surface area contributed by atoms with E-state index >= 15 is 0 Å². The Labute approximate surface area is 144 Å². The van der Waals surface area contributed by atoms with Gasteiger partial charge in [0.05, 0.1) is 19.3 Å². The van der Waals surface area contributed by atoms with Crippen LogP contribution < -0.4 is 10.1 Å². The van der Waals surface area contributed by atoms with Gasteiger partial charge in [0.1, 0.15) is 5.75 Å². The van der Waals surface area contributed by atoms with E-state index in [9.17, 15) is 4.79 Å². The van der Waals surface area contributed by atoms with Crippen LogP contribution in [0.25, 0.3) is 0 Å². The van der Waals surface area contributed by atoms with Gasteiger partial charge in [-0.1, -0.05) is 38.2 Å². The number of rotatable bonds is 1. The first kappa shape index (κ1) is 17.3. The maximum absolute atomic E-state index is 11.8. The van der Waals surface area contributed by atoms with Crippen molar-refractivity contribution in [2.24, 2.45) is 5.92 Å². The fraction of sp³-hybridized carbons (Fsp3) is 0.650. The zero-order chi connectivity index (χ0) is 16.8. The average Bonchev–Trinajstić information content (AvgIpc) is 2.63. The van der Waals surface area contributed by atoms with Crippen molar-refractivity contribution < 1.29 is 14.3 Å². The summed E-state index contributed by atoms with van der Waals surface area (Å²) in [6.45, 7) is 1.78. The van der Waals surface area contributed by atoms with Gasteiger partial charge in [-0.3, -0.25) is 0 Å². The maximum atomic E-state index is 11.8. The molecular formula is C20H29NO3. The van der Waals surface area contributed by atoms with Crippen LogP contribution in [0.1, 0.15) is 73.3 Å². The Balaban J connectivity index is 1.86. The first-order valence-corrected chi connectivity index (χ1v) is 9.36. The zero-order valence-corrected chi connectivity index (χ0v) is 14.7. The summed E-state index contributed by atoms with van der Waals surface area (Å²) >= 11 is 0. The SMILES string of the molecule is COC(=O)c1ccc2c(c1)OCCCCCCC[C@H]1CCN[C@H]2C1. The van der Waals surface area contributed by atoms with Crippen LogP contribution in [-0.2, 0) is 4.74 Å². The Morgan fingerprint density at radius 1 is 1.17 bits per heavy atom. The number of hydrogen-bond acceptors (Lipinski definition) is 4. The Kier molecular flexibility index (Phi) is 6.13. The van der Waals surface area contributed by atoms with Crippen molar-refractivity contribution in [1.29, 1.82) is 0 Å². The van der Waals surface area contributed by atoms with Gasteiger partial charge in [0.2, 0.25) is 0 Å². The van der Waals surface area contributed by atoms with Gasteiger partial charge in [0, 0.05) is 11.6 Å². The summed E-state index contributed by atoms with van der Waals surface area (Å²) in [6, 6.07) is 6.08. The molecule has 24 heavy (non-hydrogen) atoms. The van der Waals surface area contributed by atoms with Gasteiger partial charge in [-0.05, 0) is 43.9 Å². The van der Waals surface area contributed by atoms with Crippen LogP contribution in [0, 0.1) is 5.92 Å². The Hall–Kier alpha value is -1.55. The molecule has 132 valence electrons. The van der Waals surface area contributed by atoms with E-state index in [2.05, 4.69) is 5.32 Å². The van der Waals surface area contributed by atoms with Crippen LogP contribution in [0.2, 0.25) is 0 Å². The van der Waals surface area contributed by atoms with Crippen LogP contribution in [0.5, 0.6) is 5.75 Å². The predicted octanol–water partition coefficient (Wildman–Crippen LogP) is 4.25. The molecule has 0 aromatic heterocycles. The number of esters is 1. The summed E-state index contributed by atoms with van der Waals surface area (Å²) < 4.78 is 10.9. The van der Waals surface area contributed by atoms with Crippen molar-refractivity contribution in [1.82, 2.24) is 5.32 Å². The maximum Gasteiger partial charge on any atom is 0.337 e. The first-order chi connectivity index (χ1) is 11.8. The van der Waals surface area contributed by atoms with E-state index in [1.54, 1.807) is 0 Å². The molecule has 1 saturated heterocycles. The third-order valence-electron chi connectivity index (χ3n) is 5.34. The van der Waals surface area contributed by atoms with Crippen LogP contribution in [-0.4, -0.2) is 26.2 Å². The highest BCUT2D eigenvalue weighted by molar-refractivity contribution is 5.90. The number of ether oxygens (including phenoxy) is 2. The molecule has 2 atom stereocenters. The minimum atomic E-state index is -0.307. The molecule has 1 fully saturated rings. The number of fused-ring (bicyclic) bond motifs is 4. The van der Waals surface area contributed by atoms with E-state index in [1.807, 2.05) is 18.2 Å². The molecule has 2 aliphatic rings. The molecule has 0 aliphatic carbocycles. The van der Waals surface area contributed by atoms with Gasteiger partial charge in [-0.25, -0.2) is 4.79 Å². The molecule has 1 aromatic carbocycles. The smallest absolute Gasteiger partial charge is 0.337 e. The van der Waals surface area contributed by atoms with Crippen molar-refractivity contribution >= 4 is 5.97 Å². The second kappa shape index (κ2) is 8.52. The quantitative estimate of drug-likeness (QED) is 0.782. The largest absolute Gasteiger partial charge is 0.493 e. The topological polar surface area (TPSA) is 47.6 Å². The molecule has 3 rings (SSSR count). The molecule has 2 aliphatic heterocycles. The minimum absolute atomic E-state index is 0.307. The van der Waals surface area contributed by atoms with Crippen LogP contribution >= 0.6 is 0 Å². The second-order valence-corrected chi connectivity index (χ2v) is 7.05. The summed E-state index contributed by atoms with van der Waals surface area (Å²) in [6.07, 6.45) is 10.1. The monoisotopic (exact) mass is 331 g/mol. The summed E-state index contributed by atoms with van der Waals surface area (Å²) in [4.78, 5) is 11.8. The third-order valence-corrected chi connectivity index (χ3v) is 5.34. The van der Waals surface area contributed by atoms with Crippen molar-refractivity contribution in [3.63, 3.8) is 0 Å². The fourth-order valence-corrected chi connectivity index (χ4v) is 3.93. The number of benzene rings is 1. The number of carbonyl (C=O) groups excluding carboxylic acids is 1. The van der Waals surface area contributed by atoms with Gasteiger partial charge in [-0.15, -0.1) is 0 Å². The Morgan fingerprint density at radius 2 is 2.00 bits per heavy atom. The Bertz CT molecular complexity index is 558. The minimum Gasteiger partial charge on any atom is -0.493 e. The van der Waals surface area contributed by atoms with Crippen LogP contribution in [0.4, 0.5) is 0 Å². The highest BCUT2D eigenvalue weighted by atomic mass is 16.5. The molecular weight excluding hydrogens is 302 g/mol. The van der Waals surface area contributed by atoms with Crippen LogP contribution in [0.3, 0.4) is 0 Å². The summed E-state index contributed by atoms with van der Waals surface area (Å²) in [5.74, 6) is 1.33. The summed E-state index contributed by atoms with van der Waals surface area (Å²) in [5.41, 5.74) is 1.75. The Morgan fingerprint density at radius 3 is 2.88 bits per heavy atom. The van der Waals surface area contributed by atoms with Crippen molar-refractivity contribution in [3.05, 3.63) is 29.3 Å². The second-order valence-electron chi connectivity index (χ2n) is 7.05. The standard InChI is InChI=1S/C20H29NO3/c1-23-20(22)16-8-9-17-18-13-15(10-11-21-18)7-5-3-2-4-6-12-24-19(17)14-16/h8-9,14-15,18,21H,2-7,10-13H2,1H3/t15-,18-/m0/s1. The molecule has 0 amide bonds. The zero-order valence-electron chi connectivity index (χ0n) is 14.7. The van der Waals surface area contributed by atoms with E-state index in [1.165, 1.54) is 51.2 Å². The highest BCUT2D eigenvalue weighted by Crippen LogP contribution is 2.36. The van der Waals surface area contributed by atoms with Crippen molar-refractivity contribution in [3.8, 4) is 5.75 Å². The van der Waals surface area contributed by atoms with E-state index < -0.39 is 0 Å². The van der Waals surface area contributed by atoms with Gasteiger partial charge in [0.25, 0.3) is 0 Å². The molecule has 0 unspecified atom stereocenters. The number of hydrogen-bond donors (Lipinski definition) is 1. The number of methoxy groups -OCH3 is 1. The number of carbonyl (C=O) groups is 1. The van der Waals surface area contributed by atoms with E-state index in [0.717, 1.165) is 31.1 Å². The molecule has 0 radical (unpaired) electrons. The number of nitrogens with one attached hydrogen (secondary N) is 1. The lowest BCUT2D eigenvalue weighted by Gasteiger charge is -2.31. The molecule has 0 saturated carbocycles. The van der Waals surface area contributed by atoms with E-state index in [-0.39, 0.29) is 5.97 Å². The normalized spacial score (nSPS) is 25.2. The average molecular weight is 331 g/mol. The lowest BCUT2D eigenvalue weighted by molar-refractivity contribution is 0.0600. The molecule has 1 aromatic rings. The lowest BCUT2D eigenvalue weighted by atomic mass is 9.85. The van der Waals surface area contributed by atoms with Crippen molar-refractivity contribution in [2.75, 3.05) is 20.3 Å². The molecule has 0 spiro atoms. The van der Waals surface area contributed by atoms with E-state index in [4.69, 9.17) is 9.47 Å². The van der Waals surface area contributed by atoms with Crippen molar-refractivity contribution in [2.45, 2.75) is 57.4 Å². The summed E-state index contributed by atoms with van der Waals surface area (Å²) in [7, 11) is 1.42. The van der Waals surface area contributed by atoms with Gasteiger partial charge in [0.15, 0.2) is 0 Å². The number of piperidine rings is 1. The summed E-state index contributed by atoms with van der Waals surface area (Å²) in [5, 5.41) is 3.64. The van der Waals surface area contributed by atoms with Crippen LogP contribution in [0.15, 0.2) is 18.2 Å². The van der Waals surface area contributed by atoms with Gasteiger partial charge in [-0.2, -0.15) is 0 Å². The predicted molar refractivity (Wildman–Crippen MR) is 94.4 cm³/mol. The molecule has 4 heteroatoms. The third kappa shape index (κ3) is 4.29. The highest BCUT2D eigenvalue weighted by Gasteiger charge is 2.25. The molecule has 2 bridgehead atoms.